The normalized spacial score (nSPS) is 12.7. The number of carbonyl (C=O) groups is 3. The predicted octanol–water partition coefficient (Wildman–Crippen LogP) is 5.73. The van der Waals surface area contributed by atoms with Gasteiger partial charge in [-0.3, -0.25) is 28.8 Å². The van der Waals surface area contributed by atoms with Crippen molar-refractivity contribution in [2.24, 2.45) is 0 Å². The minimum Gasteiger partial charge on any atom is -0.298 e. The van der Waals surface area contributed by atoms with Gasteiger partial charge in [-0.25, -0.2) is 0 Å². The van der Waals surface area contributed by atoms with Crippen LogP contribution in [0.5, 0.6) is 0 Å². The molecule has 0 saturated carbocycles. The number of rotatable bonds is 12. The summed E-state index contributed by atoms with van der Waals surface area (Å²) in [5, 5.41) is 11.2. The first-order chi connectivity index (χ1) is 20.6. The van der Waals surface area contributed by atoms with E-state index in [0.29, 0.717) is 42.1 Å². The van der Waals surface area contributed by atoms with Crippen LogP contribution in [-0.4, -0.2) is 54.5 Å². The number of ketones is 1. The average Bonchev–Trinajstić information content (AvgIpc) is 3.43. The minimum absolute atomic E-state index is 0.0952. The Kier molecular flexibility index (Phi) is 8.18. The van der Waals surface area contributed by atoms with Crippen LogP contribution in [0.4, 0.5) is 0 Å². The predicted molar refractivity (Wildman–Crippen MR) is 162 cm³/mol. The fourth-order valence-corrected chi connectivity index (χ4v) is 6.16. The summed E-state index contributed by atoms with van der Waals surface area (Å²) in [5.41, 5.74) is 3.00. The van der Waals surface area contributed by atoms with Crippen molar-refractivity contribution >= 4 is 40.1 Å². The third-order valence-corrected chi connectivity index (χ3v) is 8.33. The highest BCUT2D eigenvalue weighted by Crippen LogP contribution is 2.30. The molecule has 0 unspecified atom stereocenters. The number of imide groups is 1. The van der Waals surface area contributed by atoms with Gasteiger partial charge in [0, 0.05) is 54.0 Å². The van der Waals surface area contributed by atoms with Crippen molar-refractivity contribution in [3.8, 4) is 5.69 Å². The first-order valence-electron chi connectivity index (χ1n) is 14.0. The third-order valence-electron chi connectivity index (χ3n) is 7.34. The lowest BCUT2D eigenvalue weighted by molar-refractivity contribution is -0.116. The van der Waals surface area contributed by atoms with Gasteiger partial charge in [-0.15, -0.1) is 10.2 Å². The number of pyridine rings is 1. The quantitative estimate of drug-likeness (QED) is 0.106. The Morgan fingerprint density at radius 2 is 1.55 bits per heavy atom. The van der Waals surface area contributed by atoms with Crippen molar-refractivity contribution in [3.05, 3.63) is 114 Å². The summed E-state index contributed by atoms with van der Waals surface area (Å²) in [6.07, 6.45) is 6.74. The molecule has 9 heteroatoms. The number of benzene rings is 3. The molecule has 0 spiro atoms. The van der Waals surface area contributed by atoms with Crippen LogP contribution in [0, 0.1) is 0 Å². The monoisotopic (exact) mass is 575 g/mol. The number of carbonyl (C=O) groups excluding carboxylic acids is 3. The van der Waals surface area contributed by atoms with E-state index >= 15 is 0 Å². The highest BCUT2D eigenvalue weighted by Gasteiger charge is 2.32. The van der Waals surface area contributed by atoms with Crippen LogP contribution >= 0.6 is 11.8 Å². The molecule has 2 amide bonds. The number of Topliss-reactive ketones (excluding diaryl/α,β-unsaturated/α-hetero) is 1. The molecule has 0 fully saturated rings. The standard InChI is InChI=1S/C33H29N5O3S/c39-26(20-23-10-9-18-34-21-23)22-42-33-36-35-29(38(33)25-13-3-1-4-14-25)17-5-2-6-19-37-31(40)27-15-7-11-24-12-8-16-28(30(24)27)32(37)41/h1,3-4,7-16,18,21H,2,5-6,17,19-20,22H2. The van der Waals surface area contributed by atoms with Gasteiger partial charge in [0.1, 0.15) is 11.6 Å². The van der Waals surface area contributed by atoms with Gasteiger partial charge in [-0.1, -0.05) is 66.7 Å². The van der Waals surface area contributed by atoms with E-state index in [1.54, 1.807) is 24.5 Å². The molecule has 3 aromatic carbocycles. The molecule has 210 valence electrons. The zero-order chi connectivity index (χ0) is 28.9. The molecule has 0 bridgehead atoms. The lowest BCUT2D eigenvalue weighted by atomic mass is 9.94. The highest BCUT2D eigenvalue weighted by atomic mass is 32.2. The number of nitrogens with zero attached hydrogens (tertiary/aromatic N) is 5. The Labute approximate surface area is 247 Å². The zero-order valence-corrected chi connectivity index (χ0v) is 23.8. The maximum Gasteiger partial charge on any atom is 0.261 e. The Balaban J connectivity index is 1.07. The number of unbranched alkanes of at least 4 members (excludes halogenated alkanes) is 2. The summed E-state index contributed by atoms with van der Waals surface area (Å²) >= 11 is 1.38. The van der Waals surface area contributed by atoms with Gasteiger partial charge in [0.15, 0.2) is 5.16 Å². The van der Waals surface area contributed by atoms with Crippen molar-refractivity contribution < 1.29 is 14.4 Å². The van der Waals surface area contributed by atoms with E-state index in [9.17, 15) is 14.4 Å². The van der Waals surface area contributed by atoms with Crippen LogP contribution in [-0.2, 0) is 17.6 Å². The van der Waals surface area contributed by atoms with Gasteiger partial charge in [-0.2, -0.15) is 0 Å². The summed E-state index contributed by atoms with van der Waals surface area (Å²) < 4.78 is 2.01. The molecule has 3 heterocycles. The van der Waals surface area contributed by atoms with Crippen molar-refractivity contribution in [3.63, 3.8) is 0 Å². The van der Waals surface area contributed by atoms with Crippen molar-refractivity contribution in [2.45, 2.75) is 37.3 Å². The Morgan fingerprint density at radius 1 is 0.786 bits per heavy atom. The molecule has 2 aromatic heterocycles. The van der Waals surface area contributed by atoms with Crippen LogP contribution in [0.25, 0.3) is 16.5 Å². The summed E-state index contributed by atoms with van der Waals surface area (Å²) in [7, 11) is 0. The smallest absolute Gasteiger partial charge is 0.261 e. The molecular weight excluding hydrogens is 546 g/mol. The number of amides is 2. The van der Waals surface area contributed by atoms with Gasteiger partial charge in [0.05, 0.1) is 5.75 Å². The Morgan fingerprint density at radius 3 is 2.26 bits per heavy atom. The largest absolute Gasteiger partial charge is 0.298 e. The summed E-state index contributed by atoms with van der Waals surface area (Å²) in [6, 6.07) is 24.8. The number of para-hydroxylation sites is 1. The SMILES string of the molecule is O=C(CSc1nnc(CCCCCN2C(=O)c3cccc4cccc(c34)C2=O)n1-c1ccccc1)Cc1cccnc1. The zero-order valence-electron chi connectivity index (χ0n) is 23.0. The Bertz CT molecular complexity index is 1700. The van der Waals surface area contributed by atoms with E-state index in [2.05, 4.69) is 15.2 Å². The van der Waals surface area contributed by atoms with Crippen molar-refractivity contribution in [1.82, 2.24) is 24.6 Å². The second-order valence-electron chi connectivity index (χ2n) is 10.2. The molecular formula is C33H29N5O3S. The summed E-state index contributed by atoms with van der Waals surface area (Å²) in [4.78, 5) is 44.4. The lowest BCUT2D eigenvalue weighted by Crippen LogP contribution is -2.40. The van der Waals surface area contributed by atoms with Crippen molar-refractivity contribution in [2.75, 3.05) is 12.3 Å². The maximum absolute atomic E-state index is 13.2. The molecule has 8 nitrogen and oxygen atoms in total. The maximum atomic E-state index is 13.2. The van der Waals surface area contributed by atoms with Gasteiger partial charge in [-0.05, 0) is 54.1 Å². The molecule has 42 heavy (non-hydrogen) atoms. The molecule has 0 atom stereocenters. The van der Waals surface area contributed by atoms with E-state index in [0.717, 1.165) is 40.7 Å². The molecule has 1 aliphatic rings. The number of aromatic nitrogens is 4. The van der Waals surface area contributed by atoms with E-state index in [1.807, 2.05) is 71.3 Å². The fraction of sp³-hybridized carbons (Fsp3) is 0.212. The van der Waals surface area contributed by atoms with Crippen LogP contribution in [0.2, 0.25) is 0 Å². The highest BCUT2D eigenvalue weighted by molar-refractivity contribution is 7.99. The first kappa shape index (κ1) is 27.5. The molecule has 1 aliphatic heterocycles. The van der Waals surface area contributed by atoms with Crippen molar-refractivity contribution in [1.29, 1.82) is 0 Å². The molecule has 0 saturated heterocycles. The second kappa shape index (κ2) is 12.5. The lowest BCUT2D eigenvalue weighted by Gasteiger charge is -2.27. The molecule has 6 rings (SSSR count). The van der Waals surface area contributed by atoms with Crippen LogP contribution in [0.15, 0.2) is 96.4 Å². The average molecular weight is 576 g/mol. The van der Waals surface area contributed by atoms with E-state index < -0.39 is 0 Å². The van der Waals surface area contributed by atoms with Gasteiger partial charge >= 0.3 is 0 Å². The van der Waals surface area contributed by atoms with Gasteiger partial charge in [0.25, 0.3) is 11.8 Å². The number of hydrogen-bond acceptors (Lipinski definition) is 7. The second-order valence-corrected chi connectivity index (χ2v) is 11.2. The third kappa shape index (κ3) is 5.73. The molecule has 0 aliphatic carbocycles. The summed E-state index contributed by atoms with van der Waals surface area (Å²) in [6.45, 7) is 0.369. The van der Waals surface area contributed by atoms with E-state index in [-0.39, 0.29) is 23.4 Å². The van der Waals surface area contributed by atoms with Crippen LogP contribution in [0.3, 0.4) is 0 Å². The molecule has 0 radical (unpaired) electrons. The number of hydrogen-bond donors (Lipinski definition) is 0. The molecule has 0 N–H and O–H groups in total. The van der Waals surface area contributed by atoms with Crippen LogP contribution in [0.1, 0.15) is 51.4 Å². The number of thioether (sulfide) groups is 1. The van der Waals surface area contributed by atoms with E-state index in [4.69, 9.17) is 0 Å². The van der Waals surface area contributed by atoms with Gasteiger partial charge in [0.2, 0.25) is 0 Å². The first-order valence-corrected chi connectivity index (χ1v) is 15.0. The minimum atomic E-state index is -0.229. The molecule has 5 aromatic rings. The Hall–Kier alpha value is -4.63. The van der Waals surface area contributed by atoms with E-state index in [1.165, 1.54) is 16.7 Å². The fourth-order valence-electron chi connectivity index (χ4n) is 5.33. The van der Waals surface area contributed by atoms with Gasteiger partial charge < -0.3 is 0 Å². The topological polar surface area (TPSA) is 98.0 Å². The number of aryl methyl sites for hydroxylation is 1. The van der Waals surface area contributed by atoms with Crippen LogP contribution < -0.4 is 0 Å². The summed E-state index contributed by atoms with van der Waals surface area (Å²) in [5.74, 6) is 0.738.